The number of nitrogens with one attached hydrogen (secondary N) is 1. The van der Waals surface area contributed by atoms with Crippen LogP contribution in [0.15, 0.2) is 46.0 Å². The molecule has 6 heteroatoms. The lowest BCUT2D eigenvalue weighted by molar-refractivity contribution is 0.322. The average molecular weight is 311 g/mol. The molecule has 0 atom stereocenters. The molecule has 0 fully saturated rings. The predicted octanol–water partition coefficient (Wildman–Crippen LogP) is 2.67. The fraction of sp³-hybridized carbons (Fsp3) is 0.286. The summed E-state index contributed by atoms with van der Waals surface area (Å²) in [5, 5.41) is 1.74. The van der Waals surface area contributed by atoms with Crippen molar-refractivity contribution in [2.24, 2.45) is 0 Å². The Balaban J connectivity index is 1.82. The van der Waals surface area contributed by atoms with Crippen LogP contribution in [-0.2, 0) is 16.4 Å². The Morgan fingerprint density at radius 3 is 2.80 bits per heavy atom. The van der Waals surface area contributed by atoms with E-state index >= 15 is 0 Å². The average Bonchev–Trinajstić information content (AvgIpc) is 2.99. The Morgan fingerprint density at radius 1 is 1.25 bits per heavy atom. The minimum Gasteiger partial charge on any atom is -0.492 e. The zero-order valence-electron chi connectivity index (χ0n) is 11.2. The van der Waals surface area contributed by atoms with Crippen LogP contribution in [0, 0.1) is 0 Å². The molecule has 20 heavy (non-hydrogen) atoms. The lowest BCUT2D eigenvalue weighted by atomic mass is 10.2. The van der Waals surface area contributed by atoms with Crippen LogP contribution < -0.4 is 9.46 Å². The molecule has 0 aliphatic rings. The standard InChI is InChI=1S/C14H17NO3S2/c1-2-12-5-3-6-13(11-12)18-9-8-15-20(16,17)14-7-4-10-19-14/h3-7,10-11,15H,2,8-9H2,1H3. The van der Waals surface area contributed by atoms with Crippen molar-refractivity contribution in [1.82, 2.24) is 4.72 Å². The zero-order valence-corrected chi connectivity index (χ0v) is 12.8. The maximum atomic E-state index is 11.8. The molecule has 0 saturated heterocycles. The van der Waals surface area contributed by atoms with Gasteiger partial charge in [0.2, 0.25) is 10.0 Å². The summed E-state index contributed by atoms with van der Waals surface area (Å²) in [6.45, 7) is 2.63. The third kappa shape index (κ3) is 4.06. The number of thiophene rings is 1. The van der Waals surface area contributed by atoms with E-state index in [1.165, 1.54) is 16.9 Å². The predicted molar refractivity (Wildman–Crippen MR) is 80.8 cm³/mol. The Hall–Kier alpha value is -1.37. The first kappa shape index (κ1) is 15.0. The third-order valence-electron chi connectivity index (χ3n) is 2.73. The molecule has 0 spiro atoms. The number of sulfonamides is 1. The molecule has 1 aromatic carbocycles. The van der Waals surface area contributed by atoms with Gasteiger partial charge >= 0.3 is 0 Å². The summed E-state index contributed by atoms with van der Waals surface area (Å²) in [6, 6.07) is 11.1. The smallest absolute Gasteiger partial charge is 0.250 e. The molecule has 0 amide bonds. The highest BCUT2D eigenvalue weighted by molar-refractivity contribution is 7.91. The number of hydrogen-bond acceptors (Lipinski definition) is 4. The summed E-state index contributed by atoms with van der Waals surface area (Å²) >= 11 is 1.20. The van der Waals surface area contributed by atoms with E-state index in [2.05, 4.69) is 11.6 Å². The van der Waals surface area contributed by atoms with Gasteiger partial charge in [-0.1, -0.05) is 25.1 Å². The molecule has 1 heterocycles. The van der Waals surface area contributed by atoms with E-state index in [0.717, 1.165) is 12.2 Å². The van der Waals surface area contributed by atoms with Crippen LogP contribution >= 0.6 is 11.3 Å². The van der Waals surface area contributed by atoms with Crippen LogP contribution in [0.3, 0.4) is 0 Å². The van der Waals surface area contributed by atoms with Crippen LogP contribution in [0.5, 0.6) is 5.75 Å². The zero-order chi connectivity index (χ0) is 14.4. The highest BCUT2D eigenvalue weighted by Crippen LogP contribution is 2.15. The number of rotatable bonds is 7. The molecule has 0 unspecified atom stereocenters. The van der Waals surface area contributed by atoms with Crippen molar-refractivity contribution >= 4 is 21.4 Å². The van der Waals surface area contributed by atoms with E-state index < -0.39 is 10.0 Å². The van der Waals surface area contributed by atoms with Gasteiger partial charge in [-0.05, 0) is 35.6 Å². The number of aryl methyl sites for hydroxylation is 1. The summed E-state index contributed by atoms with van der Waals surface area (Å²) in [7, 11) is -3.40. The summed E-state index contributed by atoms with van der Waals surface area (Å²) in [5.41, 5.74) is 1.20. The second-order valence-corrected chi connectivity index (χ2v) is 7.12. The minimum atomic E-state index is -3.40. The van der Waals surface area contributed by atoms with Crippen molar-refractivity contribution in [3.05, 3.63) is 47.3 Å². The fourth-order valence-corrected chi connectivity index (χ4v) is 3.74. The van der Waals surface area contributed by atoms with Crippen molar-refractivity contribution < 1.29 is 13.2 Å². The molecular formula is C14H17NO3S2. The van der Waals surface area contributed by atoms with Crippen molar-refractivity contribution in [2.45, 2.75) is 17.6 Å². The van der Waals surface area contributed by atoms with Gasteiger partial charge in [0.15, 0.2) is 0 Å². The topological polar surface area (TPSA) is 55.4 Å². The lowest BCUT2D eigenvalue weighted by Gasteiger charge is -2.08. The van der Waals surface area contributed by atoms with Crippen LogP contribution in [0.1, 0.15) is 12.5 Å². The second kappa shape index (κ2) is 6.88. The Bertz CT molecular complexity index is 636. The highest BCUT2D eigenvalue weighted by Gasteiger charge is 2.13. The molecule has 0 aliphatic heterocycles. The molecule has 1 aromatic heterocycles. The summed E-state index contributed by atoms with van der Waals surface area (Å²) in [6.07, 6.45) is 0.947. The van der Waals surface area contributed by atoms with Crippen LogP contribution in [0.25, 0.3) is 0 Å². The van der Waals surface area contributed by atoms with Crippen LogP contribution in [0.4, 0.5) is 0 Å². The number of benzene rings is 1. The molecule has 0 saturated carbocycles. The highest BCUT2D eigenvalue weighted by atomic mass is 32.2. The Labute approximate surface area is 123 Å². The third-order valence-corrected chi connectivity index (χ3v) is 5.59. The first-order valence-corrected chi connectivity index (χ1v) is 8.73. The van der Waals surface area contributed by atoms with Gasteiger partial charge in [-0.15, -0.1) is 11.3 Å². The fourth-order valence-electron chi connectivity index (χ4n) is 1.69. The van der Waals surface area contributed by atoms with Gasteiger partial charge in [0.25, 0.3) is 0 Å². The Morgan fingerprint density at radius 2 is 2.10 bits per heavy atom. The quantitative estimate of drug-likeness (QED) is 0.800. The van der Waals surface area contributed by atoms with Gasteiger partial charge in [-0.2, -0.15) is 0 Å². The van der Waals surface area contributed by atoms with E-state index in [-0.39, 0.29) is 6.54 Å². The largest absolute Gasteiger partial charge is 0.492 e. The van der Waals surface area contributed by atoms with Crippen molar-refractivity contribution in [3.63, 3.8) is 0 Å². The molecule has 0 radical (unpaired) electrons. The minimum absolute atomic E-state index is 0.247. The van der Waals surface area contributed by atoms with E-state index in [4.69, 9.17) is 4.74 Å². The number of ether oxygens (including phenoxy) is 1. The van der Waals surface area contributed by atoms with E-state index in [1.807, 2.05) is 24.3 Å². The monoisotopic (exact) mass is 311 g/mol. The van der Waals surface area contributed by atoms with Gasteiger partial charge in [0.1, 0.15) is 16.6 Å². The molecule has 2 rings (SSSR count). The summed E-state index contributed by atoms with van der Waals surface area (Å²) in [5.74, 6) is 0.764. The maximum Gasteiger partial charge on any atom is 0.250 e. The normalized spacial score (nSPS) is 11.4. The molecule has 1 N–H and O–H groups in total. The van der Waals surface area contributed by atoms with Gasteiger partial charge in [-0.3, -0.25) is 0 Å². The van der Waals surface area contributed by atoms with E-state index in [9.17, 15) is 8.42 Å². The summed E-state index contributed by atoms with van der Waals surface area (Å²) < 4.78 is 32.1. The van der Waals surface area contributed by atoms with Gasteiger partial charge in [-0.25, -0.2) is 13.1 Å². The van der Waals surface area contributed by atoms with Crippen LogP contribution in [-0.4, -0.2) is 21.6 Å². The van der Waals surface area contributed by atoms with Crippen molar-refractivity contribution in [3.8, 4) is 5.75 Å². The molecule has 4 nitrogen and oxygen atoms in total. The molecule has 0 aliphatic carbocycles. The van der Waals surface area contributed by atoms with Gasteiger partial charge in [0, 0.05) is 6.54 Å². The lowest BCUT2D eigenvalue weighted by Crippen LogP contribution is -2.27. The maximum absolute atomic E-state index is 11.8. The van der Waals surface area contributed by atoms with Crippen molar-refractivity contribution in [1.29, 1.82) is 0 Å². The molecule has 2 aromatic rings. The molecular weight excluding hydrogens is 294 g/mol. The van der Waals surface area contributed by atoms with Gasteiger partial charge < -0.3 is 4.74 Å². The second-order valence-electron chi connectivity index (χ2n) is 4.18. The van der Waals surface area contributed by atoms with Crippen LogP contribution in [0.2, 0.25) is 0 Å². The number of hydrogen-bond donors (Lipinski definition) is 1. The summed E-state index contributed by atoms with van der Waals surface area (Å²) in [4.78, 5) is 0. The van der Waals surface area contributed by atoms with E-state index in [0.29, 0.717) is 10.8 Å². The first-order valence-electron chi connectivity index (χ1n) is 6.37. The van der Waals surface area contributed by atoms with Gasteiger partial charge in [0.05, 0.1) is 0 Å². The SMILES string of the molecule is CCc1cccc(OCCNS(=O)(=O)c2cccs2)c1. The molecule has 0 bridgehead atoms. The van der Waals surface area contributed by atoms with E-state index in [1.54, 1.807) is 17.5 Å². The van der Waals surface area contributed by atoms with Crippen molar-refractivity contribution in [2.75, 3.05) is 13.2 Å². The first-order chi connectivity index (χ1) is 9.62. The molecule has 108 valence electrons. The Kier molecular flexibility index (Phi) is 5.17.